The molecule has 0 unspecified atom stereocenters. The number of fused-ring (bicyclic) bond motifs is 1. The van der Waals surface area contributed by atoms with Crippen LogP contribution in [0.2, 0.25) is 0 Å². The van der Waals surface area contributed by atoms with Gasteiger partial charge in [-0.1, -0.05) is 0 Å². The van der Waals surface area contributed by atoms with Crippen LogP contribution in [0, 0.1) is 11.7 Å². The molecule has 7 heteroatoms. The van der Waals surface area contributed by atoms with Gasteiger partial charge in [-0.05, 0) is 57.7 Å². The molecular formula is C21H25F2N3O2. The lowest BCUT2D eigenvalue weighted by molar-refractivity contribution is -0.127. The van der Waals surface area contributed by atoms with E-state index >= 15 is 0 Å². The molecule has 1 saturated heterocycles. The van der Waals surface area contributed by atoms with Gasteiger partial charge in [0.1, 0.15) is 11.5 Å². The van der Waals surface area contributed by atoms with Crippen molar-refractivity contribution in [3.05, 3.63) is 30.2 Å². The fourth-order valence-electron chi connectivity index (χ4n) is 4.14. The summed E-state index contributed by atoms with van der Waals surface area (Å²) in [5.74, 6) is -0.946. The Morgan fingerprint density at radius 1 is 1.36 bits per heavy atom. The molecule has 2 heterocycles. The van der Waals surface area contributed by atoms with E-state index in [0.717, 1.165) is 12.8 Å². The molecule has 2 atom stereocenters. The summed E-state index contributed by atoms with van der Waals surface area (Å²) in [7, 11) is 0. The van der Waals surface area contributed by atoms with Crippen LogP contribution in [0.3, 0.4) is 0 Å². The van der Waals surface area contributed by atoms with Crippen molar-refractivity contribution in [2.24, 2.45) is 5.92 Å². The van der Waals surface area contributed by atoms with Crippen molar-refractivity contribution in [3.8, 4) is 0 Å². The average Bonchev–Trinajstić information content (AvgIpc) is 2.61. The zero-order valence-electron chi connectivity index (χ0n) is 16.1. The van der Waals surface area contributed by atoms with Gasteiger partial charge >= 0.3 is 0 Å². The predicted molar refractivity (Wildman–Crippen MR) is 105 cm³/mol. The molecule has 28 heavy (non-hydrogen) atoms. The number of carbonyl (C=O) groups excluding carboxylic acids is 1. The molecule has 1 aromatic heterocycles. The van der Waals surface area contributed by atoms with Crippen LogP contribution < -0.4 is 10.6 Å². The zero-order valence-corrected chi connectivity index (χ0v) is 16.1. The maximum atomic E-state index is 13.9. The Kier molecular flexibility index (Phi) is 4.95. The van der Waals surface area contributed by atoms with Gasteiger partial charge in [-0.15, -0.1) is 0 Å². The Bertz CT molecular complexity index is 895. The Hall–Kier alpha value is -2.28. The molecule has 5 nitrogen and oxygen atoms in total. The van der Waals surface area contributed by atoms with E-state index in [2.05, 4.69) is 15.6 Å². The van der Waals surface area contributed by atoms with Crippen molar-refractivity contribution in [3.63, 3.8) is 0 Å². The number of halogens is 2. The number of hydrogen-bond donors (Lipinski definition) is 2. The van der Waals surface area contributed by atoms with Gasteiger partial charge in [-0.2, -0.15) is 0 Å². The summed E-state index contributed by atoms with van der Waals surface area (Å²) < 4.78 is 33.3. The van der Waals surface area contributed by atoms with E-state index in [4.69, 9.17) is 4.74 Å². The van der Waals surface area contributed by atoms with Crippen molar-refractivity contribution in [2.75, 3.05) is 17.2 Å². The third kappa shape index (κ3) is 3.94. The average molecular weight is 389 g/mol. The number of anilines is 2. The molecule has 1 aliphatic heterocycles. The first-order valence-electron chi connectivity index (χ1n) is 9.77. The van der Waals surface area contributed by atoms with Crippen LogP contribution >= 0.6 is 0 Å². The van der Waals surface area contributed by atoms with Gasteiger partial charge in [0, 0.05) is 24.0 Å². The van der Waals surface area contributed by atoms with E-state index < -0.39 is 5.67 Å². The minimum atomic E-state index is -1.27. The van der Waals surface area contributed by atoms with E-state index in [9.17, 15) is 13.6 Å². The molecule has 150 valence electrons. The number of hydrogen-bond acceptors (Lipinski definition) is 4. The van der Waals surface area contributed by atoms with Gasteiger partial charge in [0.05, 0.1) is 29.2 Å². The second kappa shape index (κ2) is 7.28. The lowest BCUT2D eigenvalue weighted by Crippen LogP contribution is -2.43. The van der Waals surface area contributed by atoms with Crippen LogP contribution in [0.1, 0.15) is 39.5 Å². The molecular weight excluding hydrogens is 364 g/mol. The molecule has 1 aliphatic carbocycles. The van der Waals surface area contributed by atoms with E-state index in [1.54, 1.807) is 12.3 Å². The third-order valence-electron chi connectivity index (χ3n) is 5.64. The quantitative estimate of drug-likeness (QED) is 0.812. The number of pyridine rings is 1. The minimum Gasteiger partial charge on any atom is -0.380 e. The monoisotopic (exact) mass is 389 g/mol. The predicted octanol–water partition coefficient (Wildman–Crippen LogP) is 4.43. The molecule has 2 fully saturated rings. The third-order valence-corrected chi connectivity index (χ3v) is 5.64. The first-order chi connectivity index (χ1) is 13.3. The molecule has 2 aliphatic rings. The van der Waals surface area contributed by atoms with Gasteiger partial charge in [0.2, 0.25) is 5.91 Å². The maximum absolute atomic E-state index is 13.9. The van der Waals surface area contributed by atoms with E-state index in [-0.39, 0.29) is 42.6 Å². The Morgan fingerprint density at radius 3 is 2.86 bits per heavy atom. The highest BCUT2D eigenvalue weighted by Gasteiger charge is 2.44. The molecule has 0 radical (unpaired) electrons. The number of amides is 1. The summed E-state index contributed by atoms with van der Waals surface area (Å²) in [5.41, 5.74) is 0.516. The SMILES string of the molecule is C[C@@H]1C[C@H](Nc2c(NC(=O)[C@H]3C[C@@](C)(F)C3)cnc3ccc(F)cc23)CCO1. The van der Waals surface area contributed by atoms with Crippen LogP contribution in [0.15, 0.2) is 24.4 Å². The summed E-state index contributed by atoms with van der Waals surface area (Å²) in [6.45, 7) is 4.18. The number of carbonyl (C=O) groups is 1. The van der Waals surface area contributed by atoms with Crippen molar-refractivity contribution in [2.45, 2.75) is 57.3 Å². The van der Waals surface area contributed by atoms with Crippen LogP contribution in [-0.4, -0.2) is 35.3 Å². The second-order valence-electron chi connectivity index (χ2n) is 8.26. The first kappa shape index (κ1) is 19.1. The molecule has 0 spiro atoms. The minimum absolute atomic E-state index is 0.131. The Labute approximate surface area is 162 Å². The molecule has 1 aromatic carbocycles. The smallest absolute Gasteiger partial charge is 0.227 e. The Balaban J connectivity index is 1.64. The van der Waals surface area contributed by atoms with Gasteiger partial charge < -0.3 is 15.4 Å². The number of nitrogens with zero attached hydrogens (tertiary/aromatic N) is 1. The molecule has 1 amide bonds. The van der Waals surface area contributed by atoms with Crippen LogP contribution in [0.4, 0.5) is 20.2 Å². The number of aromatic nitrogens is 1. The number of rotatable bonds is 4. The highest BCUT2D eigenvalue weighted by Crippen LogP contribution is 2.42. The summed E-state index contributed by atoms with van der Waals surface area (Å²) in [4.78, 5) is 16.9. The zero-order chi connectivity index (χ0) is 19.9. The lowest BCUT2D eigenvalue weighted by atomic mass is 9.73. The highest BCUT2D eigenvalue weighted by atomic mass is 19.1. The molecule has 2 aromatic rings. The number of alkyl halides is 1. The lowest BCUT2D eigenvalue weighted by Gasteiger charge is -2.37. The first-order valence-corrected chi connectivity index (χ1v) is 9.77. The molecule has 1 saturated carbocycles. The van der Waals surface area contributed by atoms with Crippen molar-refractivity contribution in [1.29, 1.82) is 0 Å². The van der Waals surface area contributed by atoms with E-state index in [1.165, 1.54) is 19.1 Å². The largest absolute Gasteiger partial charge is 0.380 e. The van der Waals surface area contributed by atoms with E-state index in [1.807, 2.05) is 6.92 Å². The summed E-state index contributed by atoms with van der Waals surface area (Å²) in [5, 5.41) is 6.96. The van der Waals surface area contributed by atoms with Crippen molar-refractivity contribution in [1.82, 2.24) is 4.98 Å². The van der Waals surface area contributed by atoms with Crippen LogP contribution in [-0.2, 0) is 9.53 Å². The normalized spacial score (nSPS) is 29.9. The van der Waals surface area contributed by atoms with Gasteiger partial charge in [-0.3, -0.25) is 9.78 Å². The van der Waals surface area contributed by atoms with Gasteiger partial charge in [0.25, 0.3) is 0 Å². The highest BCUT2D eigenvalue weighted by molar-refractivity contribution is 6.03. The summed E-state index contributed by atoms with van der Waals surface area (Å²) in [6.07, 6.45) is 3.78. The number of ether oxygens (including phenoxy) is 1. The van der Waals surface area contributed by atoms with Gasteiger partial charge in [0.15, 0.2) is 0 Å². The molecule has 4 rings (SSSR count). The number of nitrogens with one attached hydrogen (secondary N) is 2. The van der Waals surface area contributed by atoms with E-state index in [0.29, 0.717) is 28.9 Å². The molecule has 2 N–H and O–H groups in total. The number of benzene rings is 1. The maximum Gasteiger partial charge on any atom is 0.227 e. The van der Waals surface area contributed by atoms with Crippen molar-refractivity contribution < 1.29 is 18.3 Å². The molecule has 0 bridgehead atoms. The van der Waals surface area contributed by atoms with Crippen LogP contribution in [0.5, 0.6) is 0 Å². The standard InChI is InChI=1S/C21H25F2N3O2/c1-12-7-15(5-6-28-12)25-19-16-8-14(22)3-4-17(16)24-11-18(19)26-20(27)13-9-21(2,23)10-13/h3-4,8,11-13,15H,5-7,9-10H2,1-2H3,(H,24,25)(H,26,27)/t12-,13-,15-,21+/m1/s1. The summed E-state index contributed by atoms with van der Waals surface area (Å²) in [6, 6.07) is 4.55. The Morgan fingerprint density at radius 2 is 2.14 bits per heavy atom. The topological polar surface area (TPSA) is 63.2 Å². The van der Waals surface area contributed by atoms with Gasteiger partial charge in [-0.25, -0.2) is 8.78 Å². The van der Waals surface area contributed by atoms with Crippen LogP contribution in [0.25, 0.3) is 10.9 Å². The fraction of sp³-hybridized carbons (Fsp3) is 0.524. The fourth-order valence-corrected chi connectivity index (χ4v) is 4.14. The second-order valence-corrected chi connectivity index (χ2v) is 8.26. The van der Waals surface area contributed by atoms with Crippen molar-refractivity contribution >= 4 is 28.2 Å². The summed E-state index contributed by atoms with van der Waals surface area (Å²) >= 11 is 0.